The first-order valence-corrected chi connectivity index (χ1v) is 11.0. The standard InChI is InChI=1S/C19H31N3O2S.HI/c1-20-19(21-14-8-11-17-9-4-2-5-10-17)22-15-16-25(23,24)18-12-6-3-7-13-18;/h3,6-7,12-13,17H,2,4-5,8-11,14-16H2,1H3,(H2,20,21,22);1H. The minimum Gasteiger partial charge on any atom is -0.356 e. The topological polar surface area (TPSA) is 70.6 Å². The fourth-order valence-electron chi connectivity index (χ4n) is 3.34. The first-order valence-electron chi connectivity index (χ1n) is 9.34. The second kappa shape index (κ2) is 12.5. The fourth-order valence-corrected chi connectivity index (χ4v) is 4.52. The Balaban J connectivity index is 0.00000338. The molecule has 0 atom stereocenters. The third kappa shape index (κ3) is 8.24. The normalized spacial score (nSPS) is 16.0. The van der Waals surface area contributed by atoms with Gasteiger partial charge >= 0.3 is 0 Å². The Labute approximate surface area is 175 Å². The van der Waals surface area contributed by atoms with Crippen LogP contribution >= 0.6 is 24.0 Å². The largest absolute Gasteiger partial charge is 0.356 e. The molecule has 1 aliphatic carbocycles. The molecular formula is C19H32IN3O2S. The lowest BCUT2D eigenvalue weighted by Crippen LogP contribution is -2.40. The summed E-state index contributed by atoms with van der Waals surface area (Å²) < 4.78 is 24.5. The van der Waals surface area contributed by atoms with Crippen molar-refractivity contribution >= 4 is 39.8 Å². The highest BCUT2D eigenvalue weighted by Crippen LogP contribution is 2.26. The maximum Gasteiger partial charge on any atom is 0.191 e. The average molecular weight is 493 g/mol. The molecule has 0 bridgehead atoms. The van der Waals surface area contributed by atoms with E-state index in [4.69, 9.17) is 0 Å². The Morgan fingerprint density at radius 3 is 2.38 bits per heavy atom. The van der Waals surface area contributed by atoms with Gasteiger partial charge in [0.05, 0.1) is 10.6 Å². The predicted octanol–water partition coefficient (Wildman–Crippen LogP) is 3.60. The van der Waals surface area contributed by atoms with Crippen LogP contribution < -0.4 is 10.6 Å². The number of rotatable bonds is 8. The molecule has 7 heteroatoms. The van der Waals surface area contributed by atoms with Gasteiger partial charge in [-0.05, 0) is 30.9 Å². The zero-order chi connectivity index (χ0) is 18.0. The number of halogens is 1. The van der Waals surface area contributed by atoms with Gasteiger partial charge in [-0.15, -0.1) is 24.0 Å². The van der Waals surface area contributed by atoms with Gasteiger partial charge in [0, 0.05) is 20.1 Å². The van der Waals surface area contributed by atoms with Crippen LogP contribution in [0.15, 0.2) is 40.2 Å². The summed E-state index contributed by atoms with van der Waals surface area (Å²) in [4.78, 5) is 4.53. The summed E-state index contributed by atoms with van der Waals surface area (Å²) in [7, 11) is -1.54. The van der Waals surface area contributed by atoms with E-state index in [1.807, 2.05) is 6.07 Å². The SMILES string of the molecule is CN=C(NCCCC1CCCCC1)NCCS(=O)(=O)c1ccccc1.I. The molecule has 0 radical (unpaired) electrons. The van der Waals surface area contributed by atoms with Gasteiger partial charge in [0.2, 0.25) is 0 Å². The molecule has 0 amide bonds. The second-order valence-electron chi connectivity index (χ2n) is 6.70. The van der Waals surface area contributed by atoms with Gasteiger partial charge < -0.3 is 10.6 Å². The first-order chi connectivity index (χ1) is 12.1. The van der Waals surface area contributed by atoms with E-state index in [1.165, 1.54) is 38.5 Å². The van der Waals surface area contributed by atoms with E-state index in [1.54, 1.807) is 31.3 Å². The molecule has 0 saturated heterocycles. The zero-order valence-electron chi connectivity index (χ0n) is 15.6. The highest BCUT2D eigenvalue weighted by atomic mass is 127. The molecule has 2 rings (SSSR count). The lowest BCUT2D eigenvalue weighted by atomic mass is 9.86. The minimum atomic E-state index is -3.25. The summed E-state index contributed by atoms with van der Waals surface area (Å²) in [6.07, 6.45) is 9.33. The average Bonchev–Trinajstić information content (AvgIpc) is 2.65. The molecule has 148 valence electrons. The van der Waals surface area contributed by atoms with Crippen molar-refractivity contribution in [2.75, 3.05) is 25.9 Å². The van der Waals surface area contributed by atoms with E-state index in [9.17, 15) is 8.42 Å². The molecule has 0 aliphatic heterocycles. The van der Waals surface area contributed by atoms with E-state index in [0.29, 0.717) is 17.4 Å². The van der Waals surface area contributed by atoms with E-state index >= 15 is 0 Å². The molecule has 1 aromatic carbocycles. The lowest BCUT2D eigenvalue weighted by molar-refractivity contribution is 0.332. The molecule has 1 aliphatic rings. The van der Waals surface area contributed by atoms with Crippen LogP contribution in [0.2, 0.25) is 0 Å². The van der Waals surface area contributed by atoms with Crippen molar-refractivity contribution in [2.45, 2.75) is 49.8 Å². The molecule has 1 aromatic rings. The van der Waals surface area contributed by atoms with Crippen molar-refractivity contribution in [3.63, 3.8) is 0 Å². The second-order valence-corrected chi connectivity index (χ2v) is 8.81. The molecule has 0 aromatic heterocycles. The quantitative estimate of drug-likeness (QED) is 0.251. The van der Waals surface area contributed by atoms with Gasteiger partial charge in [0.1, 0.15) is 0 Å². The van der Waals surface area contributed by atoms with Crippen LogP contribution in [0, 0.1) is 5.92 Å². The summed E-state index contributed by atoms with van der Waals surface area (Å²) in [5.41, 5.74) is 0. The maximum atomic E-state index is 12.2. The highest BCUT2D eigenvalue weighted by Gasteiger charge is 2.14. The number of benzene rings is 1. The van der Waals surface area contributed by atoms with Crippen LogP contribution in [0.5, 0.6) is 0 Å². The first kappa shape index (κ1) is 23.2. The molecule has 5 nitrogen and oxygen atoms in total. The van der Waals surface area contributed by atoms with Crippen molar-refractivity contribution in [2.24, 2.45) is 10.9 Å². The van der Waals surface area contributed by atoms with Crippen LogP contribution in [0.1, 0.15) is 44.9 Å². The number of guanidine groups is 1. The van der Waals surface area contributed by atoms with Crippen LogP contribution in [0.3, 0.4) is 0 Å². The van der Waals surface area contributed by atoms with Gasteiger partial charge in [0.25, 0.3) is 0 Å². The maximum absolute atomic E-state index is 12.2. The van der Waals surface area contributed by atoms with E-state index in [0.717, 1.165) is 18.9 Å². The number of nitrogens with one attached hydrogen (secondary N) is 2. The molecule has 0 unspecified atom stereocenters. The fraction of sp³-hybridized carbons (Fsp3) is 0.632. The van der Waals surface area contributed by atoms with Crippen LogP contribution in [0.4, 0.5) is 0 Å². The van der Waals surface area contributed by atoms with Gasteiger partial charge in [-0.25, -0.2) is 8.42 Å². The molecule has 0 spiro atoms. The Hall–Kier alpha value is -0.830. The summed E-state index contributed by atoms with van der Waals surface area (Å²) >= 11 is 0. The number of hydrogen-bond acceptors (Lipinski definition) is 3. The van der Waals surface area contributed by atoms with E-state index in [2.05, 4.69) is 15.6 Å². The third-order valence-electron chi connectivity index (χ3n) is 4.80. The molecule has 1 fully saturated rings. The number of sulfone groups is 1. The Morgan fingerprint density at radius 2 is 1.73 bits per heavy atom. The van der Waals surface area contributed by atoms with Crippen LogP contribution in [-0.2, 0) is 9.84 Å². The van der Waals surface area contributed by atoms with Crippen molar-refractivity contribution < 1.29 is 8.42 Å². The molecular weight excluding hydrogens is 461 g/mol. The van der Waals surface area contributed by atoms with Crippen molar-refractivity contribution in [1.29, 1.82) is 0 Å². The summed E-state index contributed by atoms with van der Waals surface area (Å²) in [6, 6.07) is 8.57. The summed E-state index contributed by atoms with van der Waals surface area (Å²) in [5, 5.41) is 6.37. The van der Waals surface area contributed by atoms with Crippen molar-refractivity contribution in [3.05, 3.63) is 30.3 Å². The minimum absolute atomic E-state index is 0. The van der Waals surface area contributed by atoms with Gasteiger partial charge in [0.15, 0.2) is 15.8 Å². The smallest absolute Gasteiger partial charge is 0.191 e. The number of nitrogens with zero attached hydrogens (tertiary/aromatic N) is 1. The molecule has 2 N–H and O–H groups in total. The summed E-state index contributed by atoms with van der Waals surface area (Å²) in [6.45, 7) is 1.22. The highest BCUT2D eigenvalue weighted by molar-refractivity contribution is 14.0. The molecule has 1 saturated carbocycles. The van der Waals surface area contributed by atoms with E-state index < -0.39 is 9.84 Å². The Morgan fingerprint density at radius 1 is 1.08 bits per heavy atom. The zero-order valence-corrected chi connectivity index (χ0v) is 18.8. The van der Waals surface area contributed by atoms with Crippen molar-refractivity contribution in [1.82, 2.24) is 10.6 Å². The van der Waals surface area contributed by atoms with Gasteiger partial charge in [-0.2, -0.15) is 0 Å². The van der Waals surface area contributed by atoms with Crippen LogP contribution in [0.25, 0.3) is 0 Å². The monoisotopic (exact) mass is 493 g/mol. The van der Waals surface area contributed by atoms with E-state index in [-0.39, 0.29) is 29.7 Å². The predicted molar refractivity (Wildman–Crippen MR) is 119 cm³/mol. The molecule has 0 heterocycles. The Kier molecular flexibility index (Phi) is 11.2. The number of aliphatic imine (C=N–C) groups is 1. The third-order valence-corrected chi connectivity index (χ3v) is 6.53. The number of hydrogen-bond donors (Lipinski definition) is 2. The Bertz CT molecular complexity index is 629. The summed E-state index contributed by atoms with van der Waals surface area (Å²) in [5.74, 6) is 1.62. The van der Waals surface area contributed by atoms with Gasteiger partial charge in [-0.3, -0.25) is 4.99 Å². The van der Waals surface area contributed by atoms with Crippen LogP contribution in [-0.4, -0.2) is 40.3 Å². The van der Waals surface area contributed by atoms with Crippen molar-refractivity contribution in [3.8, 4) is 0 Å². The lowest BCUT2D eigenvalue weighted by Gasteiger charge is -2.21. The van der Waals surface area contributed by atoms with Gasteiger partial charge in [-0.1, -0.05) is 50.3 Å². The molecule has 26 heavy (non-hydrogen) atoms.